The monoisotopic (exact) mass is 274 g/mol. The molecule has 1 heterocycles. The molecule has 1 N–H and O–H groups in total. The first kappa shape index (κ1) is 15.0. The molecule has 1 unspecified atom stereocenters. The average Bonchev–Trinajstić information content (AvgIpc) is 2.47. The summed E-state index contributed by atoms with van der Waals surface area (Å²) >= 11 is 0. The zero-order chi connectivity index (χ0) is 14.4. The number of hydrogen-bond acceptors (Lipinski definition) is 2. The number of piperidine rings is 1. The Morgan fingerprint density at radius 1 is 1.35 bits per heavy atom. The first-order valence-electron chi connectivity index (χ1n) is 7.67. The lowest BCUT2D eigenvalue weighted by Gasteiger charge is -2.32. The van der Waals surface area contributed by atoms with E-state index in [1.54, 1.807) is 0 Å². The van der Waals surface area contributed by atoms with Crippen molar-refractivity contribution in [2.24, 2.45) is 5.92 Å². The van der Waals surface area contributed by atoms with Gasteiger partial charge in [-0.25, -0.2) is 0 Å². The molecule has 0 aliphatic carbocycles. The summed E-state index contributed by atoms with van der Waals surface area (Å²) in [5.41, 5.74) is 2.53. The van der Waals surface area contributed by atoms with E-state index >= 15 is 0 Å². The van der Waals surface area contributed by atoms with Crippen molar-refractivity contribution in [3.05, 3.63) is 35.4 Å². The summed E-state index contributed by atoms with van der Waals surface area (Å²) < 4.78 is 0. The van der Waals surface area contributed by atoms with Gasteiger partial charge in [-0.15, -0.1) is 0 Å². The van der Waals surface area contributed by atoms with Gasteiger partial charge in [0.1, 0.15) is 0 Å². The van der Waals surface area contributed by atoms with Crippen molar-refractivity contribution in [2.75, 3.05) is 26.7 Å². The van der Waals surface area contributed by atoms with Crippen molar-refractivity contribution >= 4 is 5.91 Å². The Hall–Kier alpha value is -1.35. The standard InChI is InChI=1S/C17H26N2O/c1-14-5-7-15(8-6-14)9-10-17(20)19-11-3-4-16(13-19)12-18-2/h5-8,16,18H,3-4,9-13H2,1-2H3. The summed E-state index contributed by atoms with van der Waals surface area (Å²) in [5.74, 6) is 0.934. The van der Waals surface area contributed by atoms with Gasteiger partial charge in [-0.3, -0.25) is 4.79 Å². The van der Waals surface area contributed by atoms with E-state index in [0.29, 0.717) is 18.2 Å². The number of rotatable bonds is 5. The third-order valence-electron chi connectivity index (χ3n) is 4.11. The lowest BCUT2D eigenvalue weighted by molar-refractivity contribution is -0.132. The number of nitrogens with one attached hydrogen (secondary N) is 1. The topological polar surface area (TPSA) is 32.3 Å². The van der Waals surface area contributed by atoms with Crippen molar-refractivity contribution in [3.63, 3.8) is 0 Å². The quantitative estimate of drug-likeness (QED) is 0.894. The first-order valence-corrected chi connectivity index (χ1v) is 7.67. The van der Waals surface area contributed by atoms with Crippen LogP contribution in [0.1, 0.15) is 30.4 Å². The third-order valence-corrected chi connectivity index (χ3v) is 4.11. The highest BCUT2D eigenvalue weighted by atomic mass is 16.2. The van der Waals surface area contributed by atoms with Crippen LogP contribution in [0, 0.1) is 12.8 Å². The van der Waals surface area contributed by atoms with Crippen molar-refractivity contribution in [1.82, 2.24) is 10.2 Å². The zero-order valence-corrected chi connectivity index (χ0v) is 12.7. The number of carbonyl (C=O) groups is 1. The molecule has 110 valence electrons. The molecule has 1 saturated heterocycles. The molecular formula is C17H26N2O. The minimum Gasteiger partial charge on any atom is -0.342 e. The highest BCUT2D eigenvalue weighted by Crippen LogP contribution is 2.17. The molecule has 0 aromatic heterocycles. The molecule has 20 heavy (non-hydrogen) atoms. The number of likely N-dealkylation sites (tertiary alicyclic amines) is 1. The summed E-state index contributed by atoms with van der Waals surface area (Å²) in [6.07, 6.45) is 3.87. The van der Waals surface area contributed by atoms with Gasteiger partial charge >= 0.3 is 0 Å². The molecule has 1 fully saturated rings. The second-order valence-electron chi connectivity index (χ2n) is 5.89. The summed E-state index contributed by atoms with van der Waals surface area (Å²) in [7, 11) is 1.98. The number of amides is 1. The van der Waals surface area contributed by atoms with Crippen LogP contribution >= 0.6 is 0 Å². The van der Waals surface area contributed by atoms with E-state index < -0.39 is 0 Å². The van der Waals surface area contributed by atoms with E-state index in [9.17, 15) is 4.79 Å². The maximum Gasteiger partial charge on any atom is 0.222 e. The number of nitrogens with zero attached hydrogens (tertiary/aromatic N) is 1. The van der Waals surface area contributed by atoms with E-state index in [1.807, 2.05) is 7.05 Å². The van der Waals surface area contributed by atoms with E-state index in [1.165, 1.54) is 17.5 Å². The van der Waals surface area contributed by atoms with Gasteiger partial charge in [0.15, 0.2) is 0 Å². The molecule has 1 amide bonds. The number of benzene rings is 1. The first-order chi connectivity index (χ1) is 9.69. The lowest BCUT2D eigenvalue weighted by atomic mass is 9.97. The molecule has 0 radical (unpaired) electrons. The summed E-state index contributed by atoms with van der Waals surface area (Å²) in [5, 5.41) is 3.22. The highest BCUT2D eigenvalue weighted by molar-refractivity contribution is 5.76. The molecule has 1 aromatic rings. The van der Waals surface area contributed by atoms with Crippen molar-refractivity contribution in [1.29, 1.82) is 0 Å². The Balaban J connectivity index is 1.80. The Morgan fingerprint density at radius 2 is 2.10 bits per heavy atom. The van der Waals surface area contributed by atoms with Crippen LogP contribution in [0.3, 0.4) is 0 Å². The Bertz CT molecular complexity index is 425. The minimum atomic E-state index is 0.311. The molecule has 1 aliphatic rings. The van der Waals surface area contributed by atoms with E-state index in [0.717, 1.165) is 32.5 Å². The fraction of sp³-hybridized carbons (Fsp3) is 0.588. The van der Waals surface area contributed by atoms with Gasteiger partial charge in [0.25, 0.3) is 0 Å². The Kier molecular flexibility index (Phi) is 5.60. The maximum absolute atomic E-state index is 12.3. The van der Waals surface area contributed by atoms with Gasteiger partial charge in [-0.05, 0) is 51.3 Å². The summed E-state index contributed by atoms with van der Waals surface area (Å²) in [6.45, 7) is 4.97. The molecular weight excluding hydrogens is 248 g/mol. The number of carbonyl (C=O) groups excluding carboxylic acids is 1. The molecule has 0 bridgehead atoms. The molecule has 1 aliphatic heterocycles. The number of hydrogen-bond donors (Lipinski definition) is 1. The molecule has 0 saturated carbocycles. The lowest BCUT2D eigenvalue weighted by Crippen LogP contribution is -2.42. The Labute approximate surface area is 122 Å². The smallest absolute Gasteiger partial charge is 0.222 e. The average molecular weight is 274 g/mol. The van der Waals surface area contributed by atoms with Crippen molar-refractivity contribution in [3.8, 4) is 0 Å². The van der Waals surface area contributed by atoms with E-state index in [-0.39, 0.29) is 0 Å². The summed E-state index contributed by atoms with van der Waals surface area (Å²) in [6, 6.07) is 8.48. The van der Waals surface area contributed by atoms with Gasteiger partial charge in [0.2, 0.25) is 5.91 Å². The van der Waals surface area contributed by atoms with Gasteiger partial charge in [0, 0.05) is 19.5 Å². The molecule has 3 nitrogen and oxygen atoms in total. The fourth-order valence-corrected chi connectivity index (χ4v) is 2.91. The van der Waals surface area contributed by atoms with E-state index in [2.05, 4.69) is 41.4 Å². The second-order valence-corrected chi connectivity index (χ2v) is 5.89. The number of aryl methyl sites for hydroxylation is 2. The van der Waals surface area contributed by atoms with Crippen LogP contribution in [-0.4, -0.2) is 37.5 Å². The van der Waals surface area contributed by atoms with Crippen molar-refractivity contribution < 1.29 is 4.79 Å². The molecule has 2 rings (SSSR count). The van der Waals surface area contributed by atoms with Gasteiger partial charge in [-0.1, -0.05) is 29.8 Å². The summed E-state index contributed by atoms with van der Waals surface area (Å²) in [4.78, 5) is 14.3. The van der Waals surface area contributed by atoms with Crippen molar-refractivity contribution in [2.45, 2.75) is 32.6 Å². The second kappa shape index (κ2) is 7.44. The van der Waals surface area contributed by atoms with Gasteiger partial charge in [-0.2, -0.15) is 0 Å². The maximum atomic E-state index is 12.3. The zero-order valence-electron chi connectivity index (χ0n) is 12.7. The van der Waals surface area contributed by atoms with Crippen LogP contribution in [-0.2, 0) is 11.2 Å². The minimum absolute atomic E-state index is 0.311. The van der Waals surface area contributed by atoms with Crippen LogP contribution in [0.4, 0.5) is 0 Å². The van der Waals surface area contributed by atoms with Crippen LogP contribution in [0.25, 0.3) is 0 Å². The largest absolute Gasteiger partial charge is 0.342 e. The van der Waals surface area contributed by atoms with Crippen LogP contribution in [0.5, 0.6) is 0 Å². The highest BCUT2D eigenvalue weighted by Gasteiger charge is 2.22. The predicted molar refractivity (Wildman–Crippen MR) is 82.7 cm³/mol. The van der Waals surface area contributed by atoms with Crippen LogP contribution in [0.2, 0.25) is 0 Å². The fourth-order valence-electron chi connectivity index (χ4n) is 2.91. The van der Waals surface area contributed by atoms with Crippen LogP contribution < -0.4 is 5.32 Å². The predicted octanol–water partition coefficient (Wildman–Crippen LogP) is 2.39. The molecule has 1 aromatic carbocycles. The van der Waals surface area contributed by atoms with E-state index in [4.69, 9.17) is 0 Å². The third kappa shape index (κ3) is 4.34. The SMILES string of the molecule is CNCC1CCCN(C(=O)CCc2ccc(C)cc2)C1. The van der Waals surface area contributed by atoms with Crippen LogP contribution in [0.15, 0.2) is 24.3 Å². The molecule has 0 spiro atoms. The van der Waals surface area contributed by atoms with Gasteiger partial charge in [0.05, 0.1) is 0 Å². The molecule has 3 heteroatoms. The van der Waals surface area contributed by atoms with Gasteiger partial charge < -0.3 is 10.2 Å². The Morgan fingerprint density at radius 3 is 2.80 bits per heavy atom. The normalized spacial score (nSPS) is 19.1. The molecule has 1 atom stereocenters.